The van der Waals surface area contributed by atoms with Gasteiger partial charge in [0.05, 0.1) is 0 Å². The summed E-state index contributed by atoms with van der Waals surface area (Å²) in [7, 11) is 3.89. The SMILES string of the molecule is C[C@@H](OC(=O)CCCC[C@@H]1CCSS1)C(=O)NCc1ccc2c(c1)OCO2. The molecule has 1 saturated heterocycles. The van der Waals surface area contributed by atoms with Gasteiger partial charge < -0.3 is 19.5 Å². The second-order valence-corrected chi connectivity index (χ2v) is 9.40. The van der Waals surface area contributed by atoms with Gasteiger partial charge in [0.2, 0.25) is 6.79 Å². The molecule has 0 saturated carbocycles. The van der Waals surface area contributed by atoms with Gasteiger partial charge in [-0.15, -0.1) is 0 Å². The zero-order valence-corrected chi connectivity index (χ0v) is 17.0. The summed E-state index contributed by atoms with van der Waals surface area (Å²) in [4.78, 5) is 24.1. The normalized spacial score (nSPS) is 18.9. The average Bonchev–Trinajstić information content (AvgIpc) is 3.34. The maximum Gasteiger partial charge on any atom is 0.306 e. The minimum absolute atomic E-state index is 0.219. The van der Waals surface area contributed by atoms with Crippen LogP contribution in [0.1, 0.15) is 44.6 Å². The van der Waals surface area contributed by atoms with Crippen LogP contribution < -0.4 is 14.8 Å². The second-order valence-electron chi connectivity index (χ2n) is 6.61. The molecular formula is C19H25NO5S2. The van der Waals surface area contributed by atoms with Crippen molar-refractivity contribution in [2.45, 2.75) is 56.9 Å². The lowest BCUT2D eigenvalue weighted by Crippen LogP contribution is -2.35. The van der Waals surface area contributed by atoms with E-state index >= 15 is 0 Å². The first-order chi connectivity index (χ1) is 13.1. The molecule has 2 atom stereocenters. The van der Waals surface area contributed by atoms with Crippen molar-refractivity contribution in [3.05, 3.63) is 23.8 Å². The summed E-state index contributed by atoms with van der Waals surface area (Å²) in [5.41, 5.74) is 0.897. The molecule has 2 heterocycles. The Morgan fingerprint density at radius 3 is 2.96 bits per heavy atom. The van der Waals surface area contributed by atoms with Gasteiger partial charge in [0.25, 0.3) is 5.91 Å². The molecule has 1 aromatic carbocycles. The Labute approximate surface area is 167 Å². The highest BCUT2D eigenvalue weighted by atomic mass is 33.1. The maximum absolute atomic E-state index is 12.1. The van der Waals surface area contributed by atoms with E-state index < -0.39 is 6.10 Å². The molecule has 0 spiro atoms. The number of rotatable bonds is 9. The predicted octanol–water partition coefficient (Wildman–Crippen LogP) is 3.68. The van der Waals surface area contributed by atoms with Crippen molar-refractivity contribution in [1.82, 2.24) is 5.32 Å². The third kappa shape index (κ3) is 6.24. The molecule has 0 bridgehead atoms. The van der Waals surface area contributed by atoms with Gasteiger partial charge in [-0.05, 0) is 43.9 Å². The van der Waals surface area contributed by atoms with Crippen molar-refractivity contribution in [3.63, 3.8) is 0 Å². The molecule has 0 radical (unpaired) electrons. The number of fused-ring (bicyclic) bond motifs is 1. The van der Waals surface area contributed by atoms with Crippen LogP contribution in [0, 0.1) is 0 Å². The highest BCUT2D eigenvalue weighted by Crippen LogP contribution is 2.39. The minimum Gasteiger partial charge on any atom is -0.454 e. The molecule has 148 valence electrons. The lowest BCUT2D eigenvalue weighted by molar-refractivity contribution is -0.155. The van der Waals surface area contributed by atoms with Crippen LogP contribution in [0.15, 0.2) is 18.2 Å². The summed E-state index contributed by atoms with van der Waals surface area (Å²) in [6, 6.07) is 5.52. The number of unbranched alkanes of at least 4 members (excludes halogenated alkanes) is 1. The Balaban J connectivity index is 1.31. The summed E-state index contributed by atoms with van der Waals surface area (Å²) in [6.07, 6.45) is 3.82. The van der Waals surface area contributed by atoms with Crippen LogP contribution in [0.25, 0.3) is 0 Å². The largest absolute Gasteiger partial charge is 0.454 e. The zero-order valence-electron chi connectivity index (χ0n) is 15.4. The average molecular weight is 412 g/mol. The van der Waals surface area contributed by atoms with Crippen molar-refractivity contribution >= 4 is 33.5 Å². The molecule has 0 aliphatic carbocycles. The Kier molecular flexibility index (Phi) is 7.58. The Bertz CT molecular complexity index is 664. The summed E-state index contributed by atoms with van der Waals surface area (Å²) in [5.74, 6) is 2.00. The number of hydrogen-bond acceptors (Lipinski definition) is 7. The van der Waals surface area contributed by atoms with Crippen LogP contribution in [0.4, 0.5) is 0 Å². The molecule has 3 rings (SSSR count). The van der Waals surface area contributed by atoms with Crippen LogP contribution in [0.2, 0.25) is 0 Å². The van der Waals surface area contributed by atoms with Gasteiger partial charge in [-0.2, -0.15) is 0 Å². The molecule has 2 aliphatic heterocycles. The van der Waals surface area contributed by atoms with Gasteiger partial charge in [0.15, 0.2) is 17.6 Å². The first-order valence-corrected chi connectivity index (χ1v) is 11.6. The van der Waals surface area contributed by atoms with Crippen molar-refractivity contribution in [2.75, 3.05) is 12.5 Å². The Morgan fingerprint density at radius 2 is 2.15 bits per heavy atom. The van der Waals surface area contributed by atoms with Crippen molar-refractivity contribution in [3.8, 4) is 11.5 Å². The number of ether oxygens (including phenoxy) is 3. The molecule has 6 nitrogen and oxygen atoms in total. The van der Waals surface area contributed by atoms with E-state index in [2.05, 4.69) is 5.32 Å². The smallest absolute Gasteiger partial charge is 0.306 e. The van der Waals surface area contributed by atoms with E-state index in [4.69, 9.17) is 14.2 Å². The maximum atomic E-state index is 12.1. The fourth-order valence-electron chi connectivity index (χ4n) is 2.90. The summed E-state index contributed by atoms with van der Waals surface area (Å²) < 4.78 is 15.8. The standard InChI is InChI=1S/C19H25NO5S2/c1-13(25-18(21)5-3-2-4-15-8-9-26-27-15)19(22)20-11-14-6-7-16-17(10-14)24-12-23-16/h6-7,10,13,15H,2-5,8-9,11-12H2,1H3,(H,20,22)/t13-,15-/m1/s1. The topological polar surface area (TPSA) is 73.9 Å². The molecular weight excluding hydrogens is 386 g/mol. The minimum atomic E-state index is -0.798. The van der Waals surface area contributed by atoms with E-state index in [9.17, 15) is 9.59 Å². The third-order valence-electron chi connectivity index (χ3n) is 4.47. The number of hydrogen-bond donors (Lipinski definition) is 1. The molecule has 2 aliphatic rings. The van der Waals surface area contributed by atoms with Gasteiger partial charge in [0.1, 0.15) is 0 Å². The molecule has 8 heteroatoms. The molecule has 0 aromatic heterocycles. The van der Waals surface area contributed by atoms with Gasteiger partial charge in [-0.1, -0.05) is 34.1 Å². The van der Waals surface area contributed by atoms with E-state index in [1.165, 1.54) is 12.2 Å². The van der Waals surface area contributed by atoms with Crippen molar-refractivity contribution < 1.29 is 23.8 Å². The number of carbonyl (C=O) groups excluding carboxylic acids is 2. The summed E-state index contributed by atoms with van der Waals surface area (Å²) in [6.45, 7) is 2.16. The van der Waals surface area contributed by atoms with Crippen molar-refractivity contribution in [1.29, 1.82) is 0 Å². The molecule has 1 amide bonds. The lowest BCUT2D eigenvalue weighted by atomic mass is 10.1. The number of carbonyl (C=O) groups is 2. The van der Waals surface area contributed by atoms with E-state index in [1.54, 1.807) is 6.92 Å². The van der Waals surface area contributed by atoms with Crippen LogP contribution in [0.3, 0.4) is 0 Å². The van der Waals surface area contributed by atoms with Crippen LogP contribution in [-0.4, -0.2) is 35.8 Å². The fourth-order valence-corrected chi connectivity index (χ4v) is 5.93. The monoisotopic (exact) mass is 411 g/mol. The lowest BCUT2D eigenvalue weighted by Gasteiger charge is -2.14. The van der Waals surface area contributed by atoms with E-state index in [-0.39, 0.29) is 18.7 Å². The highest BCUT2D eigenvalue weighted by Gasteiger charge is 2.19. The van der Waals surface area contributed by atoms with E-state index in [0.717, 1.165) is 30.1 Å². The van der Waals surface area contributed by atoms with Crippen LogP contribution >= 0.6 is 21.6 Å². The first kappa shape index (κ1) is 20.2. The molecule has 1 aromatic rings. The second kappa shape index (κ2) is 10.1. The van der Waals surface area contributed by atoms with Gasteiger partial charge >= 0.3 is 5.97 Å². The Morgan fingerprint density at radius 1 is 1.30 bits per heavy atom. The van der Waals surface area contributed by atoms with E-state index in [0.29, 0.717) is 24.5 Å². The highest BCUT2D eigenvalue weighted by molar-refractivity contribution is 8.77. The van der Waals surface area contributed by atoms with Crippen molar-refractivity contribution in [2.24, 2.45) is 0 Å². The Hall–Kier alpha value is -1.54. The molecule has 1 fully saturated rings. The van der Waals surface area contributed by atoms with Crippen LogP contribution in [0.5, 0.6) is 11.5 Å². The third-order valence-corrected chi connectivity index (χ3v) is 7.47. The molecule has 27 heavy (non-hydrogen) atoms. The summed E-state index contributed by atoms with van der Waals surface area (Å²) in [5, 5.41) is 3.51. The number of amides is 1. The predicted molar refractivity (Wildman–Crippen MR) is 107 cm³/mol. The van der Waals surface area contributed by atoms with Gasteiger partial charge in [-0.3, -0.25) is 9.59 Å². The van der Waals surface area contributed by atoms with Gasteiger partial charge in [0, 0.05) is 24.0 Å². The quantitative estimate of drug-likeness (QED) is 0.377. The van der Waals surface area contributed by atoms with Crippen LogP contribution in [-0.2, 0) is 20.9 Å². The summed E-state index contributed by atoms with van der Waals surface area (Å²) >= 11 is 0. The number of nitrogens with one attached hydrogen (secondary N) is 1. The fraction of sp³-hybridized carbons (Fsp3) is 0.579. The molecule has 0 unspecified atom stereocenters. The zero-order chi connectivity index (χ0) is 19.1. The first-order valence-electron chi connectivity index (χ1n) is 9.26. The van der Waals surface area contributed by atoms with Gasteiger partial charge in [-0.25, -0.2) is 0 Å². The number of esters is 1. The number of benzene rings is 1. The van der Waals surface area contributed by atoms with E-state index in [1.807, 2.05) is 39.8 Å². The molecule has 1 N–H and O–H groups in total.